The van der Waals surface area contributed by atoms with Crippen molar-refractivity contribution >= 4 is 52.1 Å². The molecule has 4 aromatic carbocycles. The largest absolute Gasteiger partial charge is 0.466 e. The molecule has 1 heterocycles. The highest BCUT2D eigenvalue weighted by atomic mass is 16.5. The summed E-state index contributed by atoms with van der Waals surface area (Å²) in [6.07, 6.45) is 3.66. The Hall–Kier alpha value is -6.27. The third-order valence-corrected chi connectivity index (χ3v) is 9.44. The second-order valence-electron chi connectivity index (χ2n) is 13.7. The van der Waals surface area contributed by atoms with Gasteiger partial charge in [0.2, 0.25) is 5.91 Å². The predicted molar refractivity (Wildman–Crippen MR) is 221 cm³/mol. The standard InChI is InChI=1S/C45H51N5O7/c1-4-27-50(28-26-46-39(51)24-25-40(52)57-5-2)30-33-12-9-13-35(29-33)43(53)49-42-41(37-14-6-7-15-38(37)48-42)44(54)47-36-22-18-32(19-23-36)11-8-10-31-16-20-34(21-17-31)45(55)56-3/h6-7,9,12-23,29,48H,4-5,8,10-11,24-28,30H2,1-3H3,(H,46,51)(H,47,54)(H,49,53). The average molecular weight is 774 g/mol. The molecule has 4 N–H and O–H groups in total. The number of amides is 3. The van der Waals surface area contributed by atoms with E-state index in [0.717, 1.165) is 48.9 Å². The van der Waals surface area contributed by atoms with E-state index in [-0.39, 0.29) is 49.1 Å². The van der Waals surface area contributed by atoms with Crippen LogP contribution >= 0.6 is 0 Å². The number of para-hydroxylation sites is 1. The number of ether oxygens (including phenoxy) is 2. The number of fused-ring (bicyclic) bond motifs is 1. The van der Waals surface area contributed by atoms with E-state index in [1.165, 1.54) is 7.11 Å². The van der Waals surface area contributed by atoms with Crippen LogP contribution < -0.4 is 16.0 Å². The van der Waals surface area contributed by atoms with E-state index >= 15 is 0 Å². The van der Waals surface area contributed by atoms with Crippen molar-refractivity contribution < 1.29 is 33.4 Å². The smallest absolute Gasteiger partial charge is 0.337 e. The molecule has 1 aromatic heterocycles. The van der Waals surface area contributed by atoms with Crippen LogP contribution in [0, 0.1) is 0 Å². The van der Waals surface area contributed by atoms with Crippen molar-refractivity contribution in [2.75, 3.05) is 44.0 Å². The maximum atomic E-state index is 13.8. The highest BCUT2D eigenvalue weighted by molar-refractivity contribution is 6.19. The summed E-state index contributed by atoms with van der Waals surface area (Å²) in [4.78, 5) is 68.4. The van der Waals surface area contributed by atoms with Crippen LogP contribution in [-0.2, 0) is 38.4 Å². The average Bonchev–Trinajstić information content (AvgIpc) is 3.59. The van der Waals surface area contributed by atoms with Gasteiger partial charge in [-0.2, -0.15) is 0 Å². The lowest BCUT2D eigenvalue weighted by molar-refractivity contribution is -0.144. The Balaban J connectivity index is 1.18. The zero-order valence-electron chi connectivity index (χ0n) is 32.8. The van der Waals surface area contributed by atoms with Crippen LogP contribution in [0.2, 0.25) is 0 Å². The van der Waals surface area contributed by atoms with Crippen LogP contribution in [0.1, 0.15) is 87.3 Å². The topological polar surface area (TPSA) is 159 Å². The number of nitrogens with zero attached hydrogens (tertiary/aromatic N) is 1. The number of hydrogen-bond acceptors (Lipinski definition) is 8. The molecule has 3 amide bonds. The number of H-pyrrole nitrogens is 1. The van der Waals surface area contributed by atoms with Gasteiger partial charge in [0.05, 0.1) is 31.3 Å². The lowest BCUT2D eigenvalue weighted by atomic mass is 10.0. The quantitative estimate of drug-likeness (QED) is 0.0600. The normalized spacial score (nSPS) is 10.9. The molecule has 0 aliphatic rings. The summed E-state index contributed by atoms with van der Waals surface area (Å²) < 4.78 is 9.66. The van der Waals surface area contributed by atoms with Gasteiger partial charge in [0, 0.05) is 48.2 Å². The van der Waals surface area contributed by atoms with E-state index in [1.54, 1.807) is 25.1 Å². The first-order valence-corrected chi connectivity index (χ1v) is 19.4. The minimum Gasteiger partial charge on any atom is -0.466 e. The number of carbonyl (C=O) groups is 5. The van der Waals surface area contributed by atoms with Gasteiger partial charge in [-0.15, -0.1) is 0 Å². The second kappa shape index (κ2) is 21.1. The summed E-state index contributed by atoms with van der Waals surface area (Å²) in [5, 5.41) is 9.50. The molecule has 5 aromatic rings. The Morgan fingerprint density at radius 3 is 2.14 bits per heavy atom. The zero-order valence-corrected chi connectivity index (χ0v) is 32.8. The molecular formula is C45H51N5O7. The van der Waals surface area contributed by atoms with E-state index in [1.807, 2.05) is 78.9 Å². The van der Waals surface area contributed by atoms with Gasteiger partial charge in [-0.25, -0.2) is 4.79 Å². The van der Waals surface area contributed by atoms with Gasteiger partial charge >= 0.3 is 11.9 Å². The van der Waals surface area contributed by atoms with Crippen molar-refractivity contribution in [2.45, 2.75) is 58.9 Å². The first kappa shape index (κ1) is 41.9. The summed E-state index contributed by atoms with van der Waals surface area (Å²) in [7, 11) is 1.37. The fraction of sp³-hybridized carbons (Fsp3) is 0.311. The van der Waals surface area contributed by atoms with Crippen molar-refractivity contribution in [3.8, 4) is 0 Å². The van der Waals surface area contributed by atoms with Crippen LogP contribution in [0.5, 0.6) is 0 Å². The Bertz CT molecular complexity index is 2140. The van der Waals surface area contributed by atoms with Gasteiger partial charge in [-0.1, -0.05) is 61.5 Å². The molecule has 298 valence electrons. The number of esters is 2. The number of carbonyl (C=O) groups excluding carboxylic acids is 5. The van der Waals surface area contributed by atoms with Crippen molar-refractivity contribution in [1.29, 1.82) is 0 Å². The monoisotopic (exact) mass is 773 g/mol. The van der Waals surface area contributed by atoms with Crippen LogP contribution in [0.4, 0.5) is 11.5 Å². The molecule has 12 heteroatoms. The molecule has 57 heavy (non-hydrogen) atoms. The zero-order chi connectivity index (χ0) is 40.6. The molecule has 0 aliphatic carbocycles. The Kier molecular flexibility index (Phi) is 15.5. The molecule has 0 atom stereocenters. The number of benzene rings is 4. The molecular weight excluding hydrogens is 723 g/mol. The van der Waals surface area contributed by atoms with Crippen LogP contribution in [-0.4, -0.2) is 72.9 Å². The van der Waals surface area contributed by atoms with Crippen molar-refractivity contribution in [1.82, 2.24) is 15.2 Å². The number of nitrogens with one attached hydrogen (secondary N) is 4. The van der Waals surface area contributed by atoms with E-state index in [2.05, 4.69) is 32.8 Å². The number of hydrogen-bond donors (Lipinski definition) is 4. The SMILES string of the molecule is CCCN(CCNC(=O)CCC(=O)OCC)Cc1cccc(C(=O)Nc2[nH]c3ccccc3c2C(=O)Nc2ccc(CCCc3ccc(C(=O)OC)cc3)cc2)c1. The summed E-state index contributed by atoms with van der Waals surface area (Å²) in [5.74, 6) is -1.36. The summed E-state index contributed by atoms with van der Waals surface area (Å²) in [6.45, 7) is 6.48. The van der Waals surface area contributed by atoms with Crippen LogP contribution in [0.15, 0.2) is 97.1 Å². The van der Waals surface area contributed by atoms with E-state index in [4.69, 9.17) is 9.47 Å². The molecule has 0 unspecified atom stereocenters. The molecule has 0 saturated carbocycles. The number of aryl methyl sites for hydroxylation is 2. The van der Waals surface area contributed by atoms with Gasteiger partial charge in [0.15, 0.2) is 0 Å². The number of rotatable bonds is 20. The lowest BCUT2D eigenvalue weighted by Gasteiger charge is -2.22. The molecule has 12 nitrogen and oxygen atoms in total. The summed E-state index contributed by atoms with van der Waals surface area (Å²) in [6, 6.07) is 29.9. The van der Waals surface area contributed by atoms with Gasteiger partial charge < -0.3 is 30.4 Å². The third-order valence-electron chi connectivity index (χ3n) is 9.44. The van der Waals surface area contributed by atoms with Crippen molar-refractivity contribution in [2.24, 2.45) is 0 Å². The summed E-state index contributed by atoms with van der Waals surface area (Å²) in [5.41, 5.74) is 5.84. The lowest BCUT2D eigenvalue weighted by Crippen LogP contribution is -2.35. The van der Waals surface area contributed by atoms with E-state index < -0.39 is 0 Å². The van der Waals surface area contributed by atoms with E-state index in [9.17, 15) is 24.0 Å². The Morgan fingerprint density at radius 2 is 1.44 bits per heavy atom. The Labute approximate surface area is 333 Å². The van der Waals surface area contributed by atoms with Crippen molar-refractivity contribution in [3.63, 3.8) is 0 Å². The fourth-order valence-electron chi connectivity index (χ4n) is 6.57. The number of aromatic nitrogens is 1. The minimum absolute atomic E-state index is 0.0488. The molecule has 0 bridgehead atoms. The fourth-order valence-corrected chi connectivity index (χ4v) is 6.57. The van der Waals surface area contributed by atoms with Gasteiger partial charge in [-0.05, 0) is 98.3 Å². The molecule has 0 saturated heterocycles. The number of aromatic amines is 1. The minimum atomic E-state index is -0.387. The molecule has 0 aliphatic heterocycles. The third kappa shape index (κ3) is 12.4. The van der Waals surface area contributed by atoms with Gasteiger partial charge in [0.25, 0.3) is 11.8 Å². The molecule has 5 rings (SSSR count). The number of anilines is 2. The molecule has 0 spiro atoms. The predicted octanol–water partition coefficient (Wildman–Crippen LogP) is 7.31. The van der Waals surface area contributed by atoms with Gasteiger partial charge in [0.1, 0.15) is 5.82 Å². The van der Waals surface area contributed by atoms with Crippen molar-refractivity contribution in [3.05, 3.63) is 130 Å². The highest BCUT2D eigenvalue weighted by Gasteiger charge is 2.21. The Morgan fingerprint density at radius 1 is 0.719 bits per heavy atom. The van der Waals surface area contributed by atoms with Crippen LogP contribution in [0.3, 0.4) is 0 Å². The first-order chi connectivity index (χ1) is 27.7. The first-order valence-electron chi connectivity index (χ1n) is 19.4. The maximum absolute atomic E-state index is 13.8. The van der Waals surface area contributed by atoms with Gasteiger partial charge in [-0.3, -0.25) is 24.1 Å². The summed E-state index contributed by atoms with van der Waals surface area (Å²) >= 11 is 0. The van der Waals surface area contributed by atoms with Crippen LogP contribution in [0.25, 0.3) is 10.9 Å². The molecule has 0 radical (unpaired) electrons. The second-order valence-corrected chi connectivity index (χ2v) is 13.7. The highest BCUT2D eigenvalue weighted by Crippen LogP contribution is 2.28. The molecule has 0 fully saturated rings. The maximum Gasteiger partial charge on any atom is 0.337 e. The number of methoxy groups -OCH3 is 1. The van der Waals surface area contributed by atoms with E-state index in [0.29, 0.717) is 58.7 Å².